The number of carbonyl (C=O) groups is 2. The fourth-order valence-corrected chi connectivity index (χ4v) is 2.41. The monoisotopic (exact) mass is 435 g/mol. The van der Waals surface area contributed by atoms with Crippen LogP contribution >= 0.6 is 24.0 Å². The summed E-state index contributed by atoms with van der Waals surface area (Å²) in [6.45, 7) is 11.7. The second-order valence-corrected chi connectivity index (χ2v) is 8.36. The Hall–Kier alpha value is -1.23. The Labute approximate surface area is 167 Å². The zero-order chi connectivity index (χ0) is 21.8. The van der Waals surface area contributed by atoms with E-state index < -0.39 is 23.9 Å². The van der Waals surface area contributed by atoms with Crippen LogP contribution in [-0.4, -0.2) is 52.7 Å². The van der Waals surface area contributed by atoms with E-state index in [0.717, 1.165) is 6.92 Å². The van der Waals surface area contributed by atoms with Crippen molar-refractivity contribution in [1.82, 2.24) is 5.32 Å². The molecule has 1 amide bonds. The van der Waals surface area contributed by atoms with Crippen LogP contribution in [0.4, 0.5) is 18.0 Å². The average molecular weight is 436 g/mol. The van der Waals surface area contributed by atoms with Crippen LogP contribution in [0.15, 0.2) is 0 Å². The first-order valence-corrected chi connectivity index (χ1v) is 9.40. The first-order chi connectivity index (χ1) is 12.1. The quantitative estimate of drug-likeness (QED) is 0.505. The molecule has 0 aliphatic heterocycles. The molecule has 0 heterocycles. The van der Waals surface area contributed by atoms with Gasteiger partial charge in [0.1, 0.15) is 18.2 Å². The molecule has 160 valence electrons. The van der Waals surface area contributed by atoms with Crippen molar-refractivity contribution in [2.45, 2.75) is 71.5 Å². The van der Waals surface area contributed by atoms with Gasteiger partial charge in [-0.3, -0.25) is 4.79 Å². The maximum atomic E-state index is 12.0. The van der Waals surface area contributed by atoms with Gasteiger partial charge in [0.15, 0.2) is 0 Å². The second kappa shape index (κ2) is 13.0. The molecule has 1 N–H and O–H groups in total. The van der Waals surface area contributed by atoms with Crippen molar-refractivity contribution in [3.05, 3.63) is 0 Å². The van der Waals surface area contributed by atoms with Gasteiger partial charge in [-0.2, -0.15) is 13.2 Å². The summed E-state index contributed by atoms with van der Waals surface area (Å²) in [6.07, 6.45) is -5.51. The van der Waals surface area contributed by atoms with Crippen LogP contribution in [0.25, 0.3) is 0 Å². The van der Waals surface area contributed by atoms with Crippen molar-refractivity contribution < 1.29 is 37.0 Å². The normalized spacial score (nSPS) is 13.4. The number of thioether (sulfide) groups is 1. The van der Waals surface area contributed by atoms with Gasteiger partial charge >= 0.3 is 18.2 Å². The summed E-state index contributed by atoms with van der Waals surface area (Å²) in [7, 11) is 0. The molecule has 0 bridgehead atoms. The van der Waals surface area contributed by atoms with E-state index in [1.54, 1.807) is 26.1 Å². The number of thiocarbonyl (C=S) groups is 1. The van der Waals surface area contributed by atoms with E-state index >= 15 is 0 Å². The average Bonchev–Trinajstić information content (AvgIpc) is 2.42. The first-order valence-electron chi connectivity index (χ1n) is 8.11. The van der Waals surface area contributed by atoms with Crippen molar-refractivity contribution >= 4 is 40.4 Å². The lowest BCUT2D eigenvalue weighted by Gasteiger charge is -2.22. The van der Waals surface area contributed by atoms with E-state index in [9.17, 15) is 22.8 Å². The van der Waals surface area contributed by atoms with Gasteiger partial charge in [-0.05, 0) is 53.8 Å². The number of rotatable bonds is 5. The Morgan fingerprint density at radius 3 is 2.04 bits per heavy atom. The Bertz CT molecular complexity index is 482. The summed E-state index contributed by atoms with van der Waals surface area (Å²) in [5.74, 6) is -0.269. The number of amides is 1. The molecule has 0 fully saturated rings. The van der Waals surface area contributed by atoms with Gasteiger partial charge in [-0.15, -0.1) is 0 Å². The largest absolute Gasteiger partial charge is 0.479 e. The molecule has 0 rings (SSSR count). The molecule has 0 spiro atoms. The van der Waals surface area contributed by atoms with Gasteiger partial charge in [-0.25, -0.2) is 4.79 Å². The lowest BCUT2D eigenvalue weighted by atomic mass is 10.2. The van der Waals surface area contributed by atoms with Gasteiger partial charge < -0.3 is 19.5 Å². The van der Waals surface area contributed by atoms with E-state index in [1.807, 2.05) is 13.8 Å². The minimum Gasteiger partial charge on any atom is -0.479 e. The molecule has 11 heteroatoms. The van der Waals surface area contributed by atoms with Crippen LogP contribution in [0.5, 0.6) is 0 Å². The van der Waals surface area contributed by atoms with Crippen LogP contribution in [0.2, 0.25) is 0 Å². The number of esters is 1. The smallest absolute Gasteiger partial charge is 0.408 e. The van der Waals surface area contributed by atoms with Crippen LogP contribution in [-0.2, 0) is 19.0 Å². The second-order valence-electron chi connectivity index (χ2n) is 6.32. The third-order valence-corrected chi connectivity index (χ3v) is 3.56. The van der Waals surface area contributed by atoms with Gasteiger partial charge in [0.05, 0.1) is 6.61 Å². The summed E-state index contributed by atoms with van der Waals surface area (Å²) in [5.41, 5.74) is -0.796. The third-order valence-electron chi connectivity index (χ3n) is 2.31. The summed E-state index contributed by atoms with van der Waals surface area (Å²) >= 11 is 6.31. The molecule has 0 aliphatic carbocycles. The topological polar surface area (TPSA) is 73.9 Å². The highest BCUT2D eigenvalue weighted by molar-refractivity contribution is 8.23. The molecule has 2 unspecified atom stereocenters. The minimum atomic E-state index is -4.45. The molecule has 0 aromatic heterocycles. The fraction of sp³-hybridized carbons (Fsp3) is 0.812. The van der Waals surface area contributed by atoms with E-state index in [0.29, 0.717) is 17.6 Å². The Balaban J connectivity index is 0. The molecular weight excluding hydrogens is 407 g/mol. The van der Waals surface area contributed by atoms with Gasteiger partial charge in [0.25, 0.3) is 0 Å². The highest BCUT2D eigenvalue weighted by Gasteiger charge is 2.37. The Morgan fingerprint density at radius 1 is 1.15 bits per heavy atom. The molecule has 0 aromatic carbocycles. The molecular formula is C16H28F3NO5S2. The van der Waals surface area contributed by atoms with Crippen molar-refractivity contribution in [2.24, 2.45) is 0 Å². The molecule has 0 saturated carbocycles. The van der Waals surface area contributed by atoms with Crippen LogP contribution in [0.1, 0.15) is 48.5 Å². The summed E-state index contributed by atoms with van der Waals surface area (Å²) < 4.78 is 51.0. The fourth-order valence-electron chi connectivity index (χ4n) is 1.15. The SMILES string of the molecule is CC(NC(=O)OC(C)(C)C)C(F)(F)F.CCOC(=S)SC(C)COC(C)=O. The lowest BCUT2D eigenvalue weighted by molar-refractivity contribution is -0.150. The van der Waals surface area contributed by atoms with Crippen molar-refractivity contribution in [3.63, 3.8) is 0 Å². The summed E-state index contributed by atoms with van der Waals surface area (Å²) in [5, 5.41) is 1.83. The molecule has 0 radical (unpaired) electrons. The highest BCUT2D eigenvalue weighted by atomic mass is 32.2. The molecule has 0 aliphatic rings. The Kier molecular flexibility index (Phi) is 13.5. The number of alkyl carbamates (subject to hydrolysis) is 1. The maximum Gasteiger partial charge on any atom is 0.408 e. The van der Waals surface area contributed by atoms with E-state index in [4.69, 9.17) is 21.7 Å². The maximum absolute atomic E-state index is 12.0. The van der Waals surface area contributed by atoms with Gasteiger partial charge in [0.2, 0.25) is 4.38 Å². The molecule has 2 atom stereocenters. The minimum absolute atomic E-state index is 0.142. The number of halogens is 3. The summed E-state index contributed by atoms with van der Waals surface area (Å²) in [6, 6.07) is -1.91. The standard InChI is InChI=1S/C8H14F3NO2.C8H14O3S2/c1-5(8(9,10)11)12-6(13)14-7(2,3)4;1-4-10-8(12)13-6(2)5-11-7(3)9/h5H,1-4H3,(H,12,13);6H,4-5H2,1-3H3. The van der Waals surface area contributed by atoms with Crippen LogP contribution in [0, 0.1) is 0 Å². The van der Waals surface area contributed by atoms with Gasteiger partial charge in [0, 0.05) is 12.2 Å². The third kappa shape index (κ3) is 19.3. The summed E-state index contributed by atoms with van der Waals surface area (Å²) in [4.78, 5) is 21.3. The van der Waals surface area contributed by atoms with E-state index in [-0.39, 0.29) is 11.2 Å². The predicted octanol–water partition coefficient (Wildman–Crippen LogP) is 4.45. The molecule has 27 heavy (non-hydrogen) atoms. The number of hydrogen-bond acceptors (Lipinski definition) is 7. The molecule has 0 saturated heterocycles. The van der Waals surface area contributed by atoms with Crippen LogP contribution < -0.4 is 5.32 Å². The molecule has 0 aromatic rings. The van der Waals surface area contributed by atoms with E-state index in [1.165, 1.54) is 18.7 Å². The first kappa shape index (κ1) is 28.0. The van der Waals surface area contributed by atoms with E-state index in [2.05, 4.69) is 4.74 Å². The highest BCUT2D eigenvalue weighted by Crippen LogP contribution is 2.20. The number of alkyl halides is 3. The van der Waals surface area contributed by atoms with Crippen molar-refractivity contribution in [2.75, 3.05) is 13.2 Å². The lowest BCUT2D eigenvalue weighted by Crippen LogP contribution is -2.45. The number of carbonyl (C=O) groups excluding carboxylic acids is 2. The molecule has 6 nitrogen and oxygen atoms in total. The number of nitrogens with one attached hydrogen (secondary N) is 1. The number of hydrogen-bond donors (Lipinski definition) is 1. The predicted molar refractivity (Wildman–Crippen MR) is 103 cm³/mol. The van der Waals surface area contributed by atoms with Gasteiger partial charge in [-0.1, -0.05) is 11.8 Å². The van der Waals surface area contributed by atoms with Crippen LogP contribution in [0.3, 0.4) is 0 Å². The van der Waals surface area contributed by atoms with Crippen molar-refractivity contribution in [3.8, 4) is 0 Å². The zero-order valence-electron chi connectivity index (χ0n) is 16.6. The zero-order valence-corrected chi connectivity index (χ0v) is 18.2. The number of ether oxygens (including phenoxy) is 3. The Morgan fingerprint density at radius 2 is 1.67 bits per heavy atom. The van der Waals surface area contributed by atoms with Crippen molar-refractivity contribution in [1.29, 1.82) is 0 Å².